The third-order valence-electron chi connectivity index (χ3n) is 8.74. The van der Waals surface area contributed by atoms with Gasteiger partial charge in [0.25, 0.3) is 5.91 Å². The van der Waals surface area contributed by atoms with Crippen molar-refractivity contribution in [1.82, 2.24) is 15.1 Å². The standard InChI is InChI=1S/C30H48N4O4/c1-21-17-34(18-23-10-6-5-7-11-23)22(2)20-38-27-16-25(32-30(36)31-24-12-8-9-13-24)14-15-26(27)29(35)33(3)19-28(21)37-4/h14-16,21-24,28H,5-13,17-20H2,1-4H3,(H2,31,32,36)/t21-,22-,28-/m1/s1. The molecule has 0 unspecified atom stereocenters. The third-order valence-corrected chi connectivity index (χ3v) is 8.74. The van der Waals surface area contributed by atoms with E-state index in [1.807, 2.05) is 7.05 Å². The van der Waals surface area contributed by atoms with Gasteiger partial charge in [-0.1, -0.05) is 39.0 Å². The summed E-state index contributed by atoms with van der Waals surface area (Å²) in [5.41, 5.74) is 1.13. The molecule has 2 fully saturated rings. The molecular formula is C30H48N4O4. The highest BCUT2D eigenvalue weighted by atomic mass is 16.5. The molecule has 0 saturated heterocycles. The van der Waals surface area contributed by atoms with Gasteiger partial charge >= 0.3 is 6.03 Å². The highest BCUT2D eigenvalue weighted by molar-refractivity contribution is 5.98. The van der Waals surface area contributed by atoms with Crippen LogP contribution in [0.15, 0.2) is 18.2 Å². The van der Waals surface area contributed by atoms with E-state index in [9.17, 15) is 9.59 Å². The summed E-state index contributed by atoms with van der Waals surface area (Å²) in [6.07, 6.45) is 10.9. The fourth-order valence-electron chi connectivity index (χ4n) is 6.30. The van der Waals surface area contributed by atoms with E-state index in [0.29, 0.717) is 30.2 Å². The molecule has 1 heterocycles. The molecule has 2 aliphatic carbocycles. The number of amides is 3. The lowest BCUT2D eigenvalue weighted by atomic mass is 9.88. The van der Waals surface area contributed by atoms with E-state index >= 15 is 0 Å². The summed E-state index contributed by atoms with van der Waals surface area (Å²) in [4.78, 5) is 30.3. The van der Waals surface area contributed by atoms with Crippen LogP contribution >= 0.6 is 0 Å². The Hall–Kier alpha value is -2.32. The Labute approximate surface area is 228 Å². The molecule has 1 aromatic rings. The molecule has 0 spiro atoms. The SMILES string of the molecule is CO[C@@H]1CN(C)C(=O)c2ccc(NC(=O)NC3CCCC3)cc2OC[C@@H](C)N(CC2CCCCC2)C[C@H]1C. The van der Waals surface area contributed by atoms with E-state index in [-0.39, 0.29) is 36.0 Å². The number of anilines is 1. The minimum atomic E-state index is -0.211. The van der Waals surface area contributed by atoms with Gasteiger partial charge in [0, 0.05) is 57.6 Å². The first kappa shape index (κ1) is 28.7. The number of hydrogen-bond acceptors (Lipinski definition) is 5. The summed E-state index contributed by atoms with van der Waals surface area (Å²) in [5, 5.41) is 6.00. The molecule has 3 atom stereocenters. The van der Waals surface area contributed by atoms with Crippen molar-refractivity contribution in [2.45, 2.75) is 89.8 Å². The normalized spacial score (nSPS) is 26.7. The molecular weight excluding hydrogens is 480 g/mol. The van der Waals surface area contributed by atoms with E-state index in [0.717, 1.165) is 44.7 Å². The number of fused-ring (bicyclic) bond motifs is 1. The maximum Gasteiger partial charge on any atom is 0.319 e. The molecule has 4 rings (SSSR count). The largest absolute Gasteiger partial charge is 0.491 e. The number of nitrogens with one attached hydrogen (secondary N) is 2. The first-order valence-corrected chi connectivity index (χ1v) is 14.7. The topological polar surface area (TPSA) is 83.1 Å². The van der Waals surface area contributed by atoms with Gasteiger partial charge in [0.05, 0.1) is 11.7 Å². The molecule has 0 aromatic heterocycles. The fourth-order valence-corrected chi connectivity index (χ4v) is 6.30. The number of benzene rings is 1. The minimum absolute atomic E-state index is 0.0611. The van der Waals surface area contributed by atoms with E-state index in [2.05, 4.69) is 29.4 Å². The van der Waals surface area contributed by atoms with E-state index < -0.39 is 0 Å². The molecule has 8 nitrogen and oxygen atoms in total. The first-order chi connectivity index (χ1) is 18.3. The summed E-state index contributed by atoms with van der Waals surface area (Å²) < 4.78 is 12.3. The number of carbonyl (C=O) groups excluding carboxylic acids is 2. The highest BCUT2D eigenvalue weighted by Crippen LogP contribution is 2.29. The second-order valence-corrected chi connectivity index (χ2v) is 11.8. The van der Waals surface area contributed by atoms with Crippen molar-refractivity contribution in [3.63, 3.8) is 0 Å². The molecule has 8 heteroatoms. The fraction of sp³-hybridized carbons (Fsp3) is 0.733. The molecule has 0 bridgehead atoms. The van der Waals surface area contributed by atoms with Gasteiger partial charge in [0.1, 0.15) is 12.4 Å². The van der Waals surface area contributed by atoms with Crippen molar-refractivity contribution < 1.29 is 19.1 Å². The van der Waals surface area contributed by atoms with Gasteiger partial charge < -0.3 is 25.0 Å². The zero-order valence-electron chi connectivity index (χ0n) is 23.8. The van der Waals surface area contributed by atoms with Gasteiger partial charge in [0.2, 0.25) is 0 Å². The van der Waals surface area contributed by atoms with Crippen LogP contribution in [0.4, 0.5) is 10.5 Å². The molecule has 38 heavy (non-hydrogen) atoms. The van der Waals surface area contributed by atoms with Crippen LogP contribution in [-0.4, -0.2) is 80.3 Å². The summed E-state index contributed by atoms with van der Waals surface area (Å²) in [7, 11) is 3.56. The Kier molecular flexibility index (Phi) is 10.3. The van der Waals surface area contributed by atoms with Crippen molar-refractivity contribution in [3.8, 4) is 5.75 Å². The average molecular weight is 529 g/mol. The Bertz CT molecular complexity index is 929. The number of likely N-dealkylation sites (N-methyl/N-ethyl adjacent to an activating group) is 1. The highest BCUT2D eigenvalue weighted by Gasteiger charge is 2.30. The smallest absolute Gasteiger partial charge is 0.319 e. The van der Waals surface area contributed by atoms with E-state index in [4.69, 9.17) is 9.47 Å². The summed E-state index contributed by atoms with van der Waals surface area (Å²) >= 11 is 0. The van der Waals surface area contributed by atoms with Crippen molar-refractivity contribution >= 4 is 17.6 Å². The number of urea groups is 1. The first-order valence-electron chi connectivity index (χ1n) is 14.7. The maximum atomic E-state index is 13.5. The monoisotopic (exact) mass is 528 g/mol. The molecule has 212 valence electrons. The van der Waals surface area contributed by atoms with E-state index in [1.54, 1.807) is 30.2 Å². The molecule has 1 aliphatic heterocycles. The van der Waals surface area contributed by atoms with Crippen molar-refractivity contribution in [2.75, 3.05) is 45.7 Å². The molecule has 2 saturated carbocycles. The van der Waals surface area contributed by atoms with Crippen LogP contribution in [0.2, 0.25) is 0 Å². The lowest BCUT2D eigenvalue weighted by molar-refractivity contribution is 0.00690. The van der Waals surface area contributed by atoms with Crippen molar-refractivity contribution in [2.24, 2.45) is 11.8 Å². The maximum absolute atomic E-state index is 13.5. The number of methoxy groups -OCH3 is 1. The second kappa shape index (κ2) is 13.7. The van der Waals surface area contributed by atoms with Crippen LogP contribution in [0.3, 0.4) is 0 Å². The van der Waals surface area contributed by atoms with Crippen LogP contribution in [0.5, 0.6) is 5.75 Å². The Morgan fingerprint density at radius 2 is 1.76 bits per heavy atom. The zero-order chi connectivity index (χ0) is 27.1. The molecule has 2 N–H and O–H groups in total. The number of hydrogen-bond donors (Lipinski definition) is 2. The van der Waals surface area contributed by atoms with Gasteiger partial charge in [-0.05, 0) is 56.6 Å². The second-order valence-electron chi connectivity index (χ2n) is 11.8. The van der Waals surface area contributed by atoms with Gasteiger partial charge in [-0.15, -0.1) is 0 Å². The third kappa shape index (κ3) is 7.63. The summed E-state index contributed by atoms with van der Waals surface area (Å²) in [6, 6.07) is 5.54. The number of carbonyl (C=O) groups is 2. The molecule has 3 amide bonds. The number of nitrogens with zero attached hydrogens (tertiary/aromatic N) is 2. The Morgan fingerprint density at radius 3 is 2.47 bits per heavy atom. The zero-order valence-corrected chi connectivity index (χ0v) is 23.8. The van der Waals surface area contributed by atoms with Crippen molar-refractivity contribution in [1.29, 1.82) is 0 Å². The minimum Gasteiger partial charge on any atom is -0.491 e. The van der Waals surface area contributed by atoms with Crippen LogP contribution in [0.25, 0.3) is 0 Å². The molecule has 3 aliphatic rings. The van der Waals surface area contributed by atoms with Gasteiger partial charge in [-0.2, -0.15) is 0 Å². The van der Waals surface area contributed by atoms with Gasteiger partial charge in [-0.3, -0.25) is 9.69 Å². The number of rotatable bonds is 5. The molecule has 0 radical (unpaired) electrons. The summed E-state index contributed by atoms with van der Waals surface area (Å²) in [5.74, 6) is 1.39. The quantitative estimate of drug-likeness (QED) is 0.553. The lowest BCUT2D eigenvalue weighted by Crippen LogP contribution is -2.48. The van der Waals surface area contributed by atoms with Crippen molar-refractivity contribution in [3.05, 3.63) is 23.8 Å². The number of ether oxygens (including phenoxy) is 2. The average Bonchev–Trinajstić information content (AvgIpc) is 3.42. The predicted octanol–water partition coefficient (Wildman–Crippen LogP) is 5.14. The van der Waals surface area contributed by atoms with Gasteiger partial charge in [0.15, 0.2) is 0 Å². The summed E-state index contributed by atoms with van der Waals surface area (Å²) in [6.45, 7) is 7.38. The van der Waals surface area contributed by atoms with Crippen LogP contribution in [-0.2, 0) is 4.74 Å². The Balaban J connectivity index is 1.54. The predicted molar refractivity (Wildman–Crippen MR) is 151 cm³/mol. The van der Waals surface area contributed by atoms with Crippen LogP contribution < -0.4 is 15.4 Å². The van der Waals surface area contributed by atoms with Crippen LogP contribution in [0.1, 0.15) is 82.0 Å². The Morgan fingerprint density at radius 1 is 1.05 bits per heavy atom. The lowest BCUT2D eigenvalue weighted by Gasteiger charge is -2.38. The van der Waals surface area contributed by atoms with Gasteiger partial charge in [-0.25, -0.2) is 4.79 Å². The van der Waals surface area contributed by atoms with E-state index in [1.165, 1.54) is 32.1 Å². The van der Waals surface area contributed by atoms with Crippen LogP contribution in [0, 0.1) is 11.8 Å². The molecule has 1 aromatic carbocycles.